The second-order valence-electron chi connectivity index (χ2n) is 5.71. The summed E-state index contributed by atoms with van der Waals surface area (Å²) in [6, 6.07) is 11.5. The molecule has 0 spiro atoms. The van der Waals surface area contributed by atoms with Crippen LogP contribution in [0, 0.1) is 18.3 Å². The summed E-state index contributed by atoms with van der Waals surface area (Å²) in [5.41, 5.74) is 1.98. The standard InChI is InChI=1S/C16H23N3/c1-4-19(15-9-5-13(2)6-10-15)12-16(3,11-17)18-14-7-8-14/h5-6,9-10,14,18H,4,7-8,12H2,1-3H3. The average Bonchev–Trinajstić information content (AvgIpc) is 3.21. The number of benzene rings is 1. The van der Waals surface area contributed by atoms with Gasteiger partial charge in [0, 0.05) is 24.8 Å². The van der Waals surface area contributed by atoms with Gasteiger partial charge in [0.25, 0.3) is 0 Å². The van der Waals surface area contributed by atoms with Gasteiger partial charge in [-0.15, -0.1) is 0 Å². The molecule has 0 amide bonds. The minimum Gasteiger partial charge on any atom is -0.369 e. The van der Waals surface area contributed by atoms with Gasteiger partial charge in [0.1, 0.15) is 5.54 Å². The molecular weight excluding hydrogens is 234 g/mol. The second kappa shape index (κ2) is 5.63. The van der Waals surface area contributed by atoms with Crippen molar-refractivity contribution in [2.24, 2.45) is 0 Å². The molecule has 3 heteroatoms. The van der Waals surface area contributed by atoms with Crippen molar-refractivity contribution >= 4 is 5.69 Å². The summed E-state index contributed by atoms with van der Waals surface area (Å²) >= 11 is 0. The van der Waals surface area contributed by atoms with E-state index in [0.29, 0.717) is 6.04 Å². The molecule has 1 fully saturated rings. The molecule has 1 aromatic carbocycles. The number of nitriles is 1. The first-order chi connectivity index (χ1) is 9.06. The first kappa shape index (κ1) is 13.9. The van der Waals surface area contributed by atoms with E-state index in [-0.39, 0.29) is 0 Å². The SMILES string of the molecule is CCN(CC(C)(C#N)NC1CC1)c1ccc(C)cc1. The highest BCUT2D eigenvalue weighted by atomic mass is 15.2. The fourth-order valence-corrected chi connectivity index (χ4v) is 2.31. The van der Waals surface area contributed by atoms with E-state index in [4.69, 9.17) is 0 Å². The van der Waals surface area contributed by atoms with Gasteiger partial charge in [-0.2, -0.15) is 5.26 Å². The van der Waals surface area contributed by atoms with Gasteiger partial charge < -0.3 is 4.90 Å². The number of likely N-dealkylation sites (N-methyl/N-ethyl adjacent to an activating group) is 1. The molecule has 0 aliphatic heterocycles. The highest BCUT2D eigenvalue weighted by molar-refractivity contribution is 5.48. The van der Waals surface area contributed by atoms with E-state index in [2.05, 4.69) is 54.4 Å². The fourth-order valence-electron chi connectivity index (χ4n) is 2.31. The van der Waals surface area contributed by atoms with Crippen LogP contribution >= 0.6 is 0 Å². The third-order valence-electron chi connectivity index (χ3n) is 3.63. The Hall–Kier alpha value is -1.53. The van der Waals surface area contributed by atoms with Crippen molar-refractivity contribution in [3.8, 4) is 6.07 Å². The number of nitrogens with one attached hydrogen (secondary N) is 1. The zero-order valence-corrected chi connectivity index (χ0v) is 12.1. The Morgan fingerprint density at radius 3 is 2.47 bits per heavy atom. The molecule has 0 aromatic heterocycles. The number of hydrogen-bond donors (Lipinski definition) is 1. The van der Waals surface area contributed by atoms with Crippen molar-refractivity contribution in [2.75, 3.05) is 18.0 Å². The first-order valence-corrected chi connectivity index (χ1v) is 7.07. The topological polar surface area (TPSA) is 39.1 Å². The summed E-state index contributed by atoms with van der Waals surface area (Å²) in [5, 5.41) is 12.9. The van der Waals surface area contributed by atoms with Crippen molar-refractivity contribution in [1.29, 1.82) is 5.26 Å². The van der Waals surface area contributed by atoms with Crippen LogP contribution in [-0.2, 0) is 0 Å². The van der Waals surface area contributed by atoms with Crippen LogP contribution in [-0.4, -0.2) is 24.7 Å². The van der Waals surface area contributed by atoms with Crippen molar-refractivity contribution in [1.82, 2.24) is 5.32 Å². The van der Waals surface area contributed by atoms with Gasteiger partial charge >= 0.3 is 0 Å². The molecule has 0 radical (unpaired) electrons. The van der Waals surface area contributed by atoms with E-state index < -0.39 is 5.54 Å². The molecule has 19 heavy (non-hydrogen) atoms. The van der Waals surface area contributed by atoms with Gasteiger partial charge in [-0.25, -0.2) is 0 Å². The van der Waals surface area contributed by atoms with E-state index in [9.17, 15) is 5.26 Å². The predicted molar refractivity (Wildman–Crippen MR) is 79.2 cm³/mol. The van der Waals surface area contributed by atoms with Gasteiger partial charge in [-0.1, -0.05) is 17.7 Å². The maximum absolute atomic E-state index is 9.46. The summed E-state index contributed by atoms with van der Waals surface area (Å²) in [6.45, 7) is 7.86. The molecule has 1 unspecified atom stereocenters. The van der Waals surface area contributed by atoms with Crippen LogP contribution in [0.15, 0.2) is 24.3 Å². The minimum absolute atomic E-state index is 0.470. The van der Waals surface area contributed by atoms with Crippen LogP contribution in [0.5, 0.6) is 0 Å². The molecular formula is C16H23N3. The van der Waals surface area contributed by atoms with Gasteiger partial charge in [-0.05, 0) is 45.7 Å². The fraction of sp³-hybridized carbons (Fsp3) is 0.562. The van der Waals surface area contributed by atoms with Crippen molar-refractivity contribution in [3.63, 3.8) is 0 Å². The van der Waals surface area contributed by atoms with Gasteiger partial charge in [0.2, 0.25) is 0 Å². The molecule has 1 aliphatic carbocycles. The first-order valence-electron chi connectivity index (χ1n) is 7.07. The van der Waals surface area contributed by atoms with Crippen LogP contribution in [0.1, 0.15) is 32.3 Å². The number of aryl methyl sites for hydroxylation is 1. The molecule has 1 aliphatic rings. The van der Waals surface area contributed by atoms with Crippen LogP contribution in [0.25, 0.3) is 0 Å². The van der Waals surface area contributed by atoms with Gasteiger partial charge in [-0.3, -0.25) is 5.32 Å². The number of rotatable bonds is 6. The Bertz CT molecular complexity index is 456. The molecule has 1 N–H and O–H groups in total. The van der Waals surface area contributed by atoms with Crippen LogP contribution in [0.3, 0.4) is 0 Å². The normalized spacial score (nSPS) is 17.6. The maximum atomic E-state index is 9.46. The van der Waals surface area contributed by atoms with E-state index in [1.54, 1.807) is 0 Å². The highest BCUT2D eigenvalue weighted by Gasteiger charge is 2.33. The Balaban J connectivity index is 2.08. The Labute approximate surface area is 116 Å². The van der Waals surface area contributed by atoms with Crippen LogP contribution in [0.4, 0.5) is 5.69 Å². The third kappa shape index (κ3) is 3.71. The molecule has 0 saturated heterocycles. The second-order valence-corrected chi connectivity index (χ2v) is 5.71. The smallest absolute Gasteiger partial charge is 0.121 e. The lowest BCUT2D eigenvalue weighted by molar-refractivity contribution is 0.440. The summed E-state index contributed by atoms with van der Waals surface area (Å²) in [4.78, 5) is 2.26. The summed E-state index contributed by atoms with van der Waals surface area (Å²) in [5.74, 6) is 0. The zero-order chi connectivity index (χ0) is 13.9. The summed E-state index contributed by atoms with van der Waals surface area (Å²) < 4.78 is 0. The lowest BCUT2D eigenvalue weighted by atomic mass is 10.0. The van der Waals surface area contributed by atoms with Gasteiger partial charge in [0.05, 0.1) is 6.07 Å². The lowest BCUT2D eigenvalue weighted by Gasteiger charge is -2.32. The Kier molecular flexibility index (Phi) is 4.11. The van der Waals surface area contributed by atoms with Crippen molar-refractivity contribution < 1.29 is 0 Å². The average molecular weight is 257 g/mol. The largest absolute Gasteiger partial charge is 0.369 e. The van der Waals surface area contributed by atoms with E-state index in [0.717, 1.165) is 13.1 Å². The molecule has 2 rings (SSSR count). The third-order valence-corrected chi connectivity index (χ3v) is 3.63. The Morgan fingerprint density at radius 1 is 1.37 bits per heavy atom. The van der Waals surface area contributed by atoms with E-state index >= 15 is 0 Å². The number of hydrogen-bond acceptors (Lipinski definition) is 3. The van der Waals surface area contributed by atoms with E-state index in [1.165, 1.54) is 24.1 Å². The molecule has 0 heterocycles. The lowest BCUT2D eigenvalue weighted by Crippen LogP contribution is -2.51. The van der Waals surface area contributed by atoms with Crippen molar-refractivity contribution in [3.05, 3.63) is 29.8 Å². The number of nitrogens with zero attached hydrogens (tertiary/aromatic N) is 2. The van der Waals surface area contributed by atoms with Crippen LogP contribution < -0.4 is 10.2 Å². The van der Waals surface area contributed by atoms with Crippen molar-refractivity contribution in [2.45, 2.75) is 45.2 Å². The minimum atomic E-state index is -0.470. The van der Waals surface area contributed by atoms with Gasteiger partial charge in [0.15, 0.2) is 0 Å². The zero-order valence-electron chi connectivity index (χ0n) is 12.1. The number of anilines is 1. The molecule has 0 bridgehead atoms. The summed E-state index contributed by atoms with van der Waals surface area (Å²) in [6.07, 6.45) is 2.40. The predicted octanol–water partition coefficient (Wildman–Crippen LogP) is 2.86. The van der Waals surface area contributed by atoms with E-state index in [1.807, 2.05) is 6.92 Å². The molecule has 102 valence electrons. The molecule has 3 nitrogen and oxygen atoms in total. The molecule has 1 aromatic rings. The maximum Gasteiger partial charge on any atom is 0.121 e. The quantitative estimate of drug-likeness (QED) is 0.851. The monoisotopic (exact) mass is 257 g/mol. The molecule has 1 atom stereocenters. The van der Waals surface area contributed by atoms with Crippen LogP contribution in [0.2, 0.25) is 0 Å². The molecule has 1 saturated carbocycles. The Morgan fingerprint density at radius 2 is 2.00 bits per heavy atom. The highest BCUT2D eigenvalue weighted by Crippen LogP contribution is 2.24. The summed E-state index contributed by atoms with van der Waals surface area (Å²) in [7, 11) is 0.